The van der Waals surface area contributed by atoms with Gasteiger partial charge in [0.1, 0.15) is 11.5 Å². The average molecular weight is 351 g/mol. The quantitative estimate of drug-likeness (QED) is 0.430. The highest BCUT2D eigenvalue weighted by Crippen LogP contribution is 2.43. The number of nitrogens with zero attached hydrogens (tertiary/aromatic N) is 1. The van der Waals surface area contributed by atoms with Gasteiger partial charge in [-0.25, -0.2) is 0 Å². The van der Waals surface area contributed by atoms with Gasteiger partial charge in [0.15, 0.2) is 0 Å². The van der Waals surface area contributed by atoms with Crippen LogP contribution in [0.5, 0.6) is 0 Å². The van der Waals surface area contributed by atoms with Crippen LogP contribution in [0.2, 0.25) is 0 Å². The lowest BCUT2D eigenvalue weighted by atomic mass is 10.0. The second-order valence-electron chi connectivity index (χ2n) is 7.04. The highest BCUT2D eigenvalue weighted by atomic mass is 16.3. The summed E-state index contributed by atoms with van der Waals surface area (Å²) in [4.78, 5) is 2.34. The zero-order valence-electron chi connectivity index (χ0n) is 15.4. The molecule has 0 atom stereocenters. The monoisotopic (exact) mass is 351 g/mol. The molecule has 2 heteroatoms. The summed E-state index contributed by atoms with van der Waals surface area (Å²) in [7, 11) is 2.17. The predicted molar refractivity (Wildman–Crippen MR) is 112 cm³/mol. The van der Waals surface area contributed by atoms with E-state index < -0.39 is 0 Å². The zero-order valence-corrected chi connectivity index (χ0v) is 15.4. The van der Waals surface area contributed by atoms with E-state index in [4.69, 9.17) is 4.42 Å². The van der Waals surface area contributed by atoms with Crippen molar-refractivity contribution >= 4 is 22.0 Å². The van der Waals surface area contributed by atoms with Crippen molar-refractivity contribution in [2.45, 2.75) is 6.42 Å². The Morgan fingerprint density at radius 2 is 1.22 bits per heavy atom. The molecule has 0 unspecified atom stereocenters. The molecule has 5 rings (SSSR count). The van der Waals surface area contributed by atoms with Crippen molar-refractivity contribution in [2.75, 3.05) is 13.6 Å². The van der Waals surface area contributed by atoms with Crippen LogP contribution in [0.4, 0.5) is 0 Å². The Hall–Kier alpha value is -3.26. The molecule has 1 aromatic heterocycles. The highest BCUT2D eigenvalue weighted by molar-refractivity contribution is 6.04. The SMILES string of the molecule is CN1CCC(c2oc(-c3ccccc3)c3ccccc23)=C1c1ccccc1. The maximum absolute atomic E-state index is 6.55. The smallest absolute Gasteiger partial charge is 0.142 e. The summed E-state index contributed by atoms with van der Waals surface area (Å²) in [5.74, 6) is 1.96. The lowest BCUT2D eigenvalue weighted by molar-refractivity contribution is 0.517. The molecule has 2 heterocycles. The van der Waals surface area contributed by atoms with Crippen molar-refractivity contribution in [1.82, 2.24) is 4.90 Å². The summed E-state index contributed by atoms with van der Waals surface area (Å²) in [6.07, 6.45) is 0.993. The van der Waals surface area contributed by atoms with Crippen molar-refractivity contribution in [2.24, 2.45) is 0 Å². The van der Waals surface area contributed by atoms with Gasteiger partial charge in [-0.05, 0) is 12.0 Å². The Labute approximate surface area is 159 Å². The van der Waals surface area contributed by atoms with Crippen molar-refractivity contribution in [1.29, 1.82) is 0 Å². The van der Waals surface area contributed by atoms with Crippen molar-refractivity contribution < 1.29 is 4.42 Å². The van der Waals surface area contributed by atoms with Crippen LogP contribution < -0.4 is 0 Å². The number of hydrogen-bond acceptors (Lipinski definition) is 2. The number of fused-ring (bicyclic) bond motifs is 1. The number of benzene rings is 3. The van der Waals surface area contributed by atoms with Crippen molar-refractivity contribution in [3.05, 3.63) is 96.3 Å². The molecule has 0 aliphatic carbocycles. The molecule has 3 aromatic carbocycles. The van der Waals surface area contributed by atoms with Crippen LogP contribution in [-0.4, -0.2) is 18.5 Å². The van der Waals surface area contributed by atoms with Gasteiger partial charge in [0, 0.05) is 35.5 Å². The largest absolute Gasteiger partial charge is 0.455 e. The van der Waals surface area contributed by atoms with Gasteiger partial charge in [-0.1, -0.05) is 84.9 Å². The van der Waals surface area contributed by atoms with Crippen molar-refractivity contribution in [3.63, 3.8) is 0 Å². The van der Waals surface area contributed by atoms with Gasteiger partial charge in [0.2, 0.25) is 0 Å². The van der Waals surface area contributed by atoms with Gasteiger partial charge in [-0.15, -0.1) is 0 Å². The molecule has 0 saturated carbocycles. The van der Waals surface area contributed by atoms with Crippen LogP contribution in [0.1, 0.15) is 17.7 Å². The van der Waals surface area contributed by atoms with Crippen LogP contribution in [0, 0.1) is 0 Å². The minimum absolute atomic E-state index is 0.954. The second-order valence-corrected chi connectivity index (χ2v) is 7.04. The minimum atomic E-state index is 0.954. The molecule has 0 N–H and O–H groups in total. The van der Waals surface area contributed by atoms with Gasteiger partial charge < -0.3 is 9.32 Å². The van der Waals surface area contributed by atoms with E-state index in [2.05, 4.69) is 90.8 Å². The standard InChI is InChI=1S/C25H21NO/c1-26-17-16-22(23(26)18-10-4-2-5-11-18)25-21-15-9-8-14-20(21)24(27-25)19-12-6-3-7-13-19/h2-15H,16-17H2,1H3. The van der Waals surface area contributed by atoms with Crippen molar-refractivity contribution in [3.8, 4) is 11.3 Å². The topological polar surface area (TPSA) is 16.4 Å². The molecule has 1 aliphatic rings. The average Bonchev–Trinajstić information content (AvgIpc) is 3.30. The van der Waals surface area contributed by atoms with Crippen LogP contribution in [0.3, 0.4) is 0 Å². The highest BCUT2D eigenvalue weighted by Gasteiger charge is 2.27. The molecular formula is C25H21NO. The fourth-order valence-electron chi connectivity index (χ4n) is 4.07. The van der Waals surface area contributed by atoms with E-state index in [9.17, 15) is 0 Å². The number of furan rings is 1. The molecule has 1 aliphatic heterocycles. The maximum Gasteiger partial charge on any atom is 0.142 e. The molecule has 132 valence electrons. The van der Waals surface area contributed by atoms with E-state index in [1.54, 1.807) is 0 Å². The van der Waals surface area contributed by atoms with Gasteiger partial charge in [0.25, 0.3) is 0 Å². The molecule has 0 fully saturated rings. The third-order valence-corrected chi connectivity index (χ3v) is 5.34. The van der Waals surface area contributed by atoms with Gasteiger partial charge in [-0.3, -0.25) is 0 Å². The first kappa shape index (κ1) is 16.0. The molecule has 27 heavy (non-hydrogen) atoms. The number of rotatable bonds is 3. The van der Waals surface area contributed by atoms with E-state index in [0.29, 0.717) is 0 Å². The summed E-state index contributed by atoms with van der Waals surface area (Å²) in [5.41, 5.74) is 4.93. The summed E-state index contributed by atoms with van der Waals surface area (Å²) < 4.78 is 6.55. The lowest BCUT2D eigenvalue weighted by Crippen LogP contribution is -2.11. The molecule has 0 saturated heterocycles. The Morgan fingerprint density at radius 3 is 1.89 bits per heavy atom. The number of hydrogen-bond donors (Lipinski definition) is 0. The van der Waals surface area contributed by atoms with E-state index in [0.717, 1.165) is 30.0 Å². The molecule has 0 spiro atoms. The molecule has 0 amide bonds. The van der Waals surface area contributed by atoms with Crippen LogP contribution >= 0.6 is 0 Å². The van der Waals surface area contributed by atoms with Crippen LogP contribution in [0.15, 0.2) is 89.3 Å². The fraction of sp³-hybridized carbons (Fsp3) is 0.120. The Balaban J connectivity index is 1.77. The second kappa shape index (κ2) is 6.48. The van der Waals surface area contributed by atoms with E-state index in [-0.39, 0.29) is 0 Å². The maximum atomic E-state index is 6.55. The Morgan fingerprint density at radius 1 is 0.667 bits per heavy atom. The lowest BCUT2D eigenvalue weighted by Gasteiger charge is -2.17. The third-order valence-electron chi connectivity index (χ3n) is 5.34. The van der Waals surface area contributed by atoms with Gasteiger partial charge >= 0.3 is 0 Å². The molecular weight excluding hydrogens is 330 g/mol. The first-order chi connectivity index (χ1) is 13.3. The summed E-state index contributed by atoms with van der Waals surface area (Å²) in [6, 6.07) is 29.5. The molecule has 2 nitrogen and oxygen atoms in total. The summed E-state index contributed by atoms with van der Waals surface area (Å²) >= 11 is 0. The molecule has 0 bridgehead atoms. The first-order valence-electron chi connectivity index (χ1n) is 9.40. The molecule has 0 radical (unpaired) electrons. The van der Waals surface area contributed by atoms with Gasteiger partial charge in [-0.2, -0.15) is 0 Å². The normalized spacial score (nSPS) is 14.3. The minimum Gasteiger partial charge on any atom is -0.455 e. The molecule has 4 aromatic rings. The predicted octanol–water partition coefficient (Wildman–Crippen LogP) is 6.30. The Kier molecular flexibility index (Phi) is 3.83. The zero-order chi connectivity index (χ0) is 18.2. The Bertz CT molecular complexity index is 1120. The van der Waals surface area contributed by atoms with E-state index in [1.165, 1.54) is 27.6 Å². The first-order valence-corrected chi connectivity index (χ1v) is 9.40. The van der Waals surface area contributed by atoms with E-state index >= 15 is 0 Å². The van der Waals surface area contributed by atoms with Crippen LogP contribution in [0.25, 0.3) is 33.4 Å². The summed E-state index contributed by atoms with van der Waals surface area (Å²) in [6.45, 7) is 1.01. The summed E-state index contributed by atoms with van der Waals surface area (Å²) in [5, 5.41) is 2.36. The van der Waals surface area contributed by atoms with Crippen LogP contribution in [-0.2, 0) is 0 Å². The third kappa shape index (κ3) is 2.65. The van der Waals surface area contributed by atoms with Gasteiger partial charge in [0.05, 0.1) is 5.70 Å². The van der Waals surface area contributed by atoms with E-state index in [1.807, 2.05) is 6.07 Å². The fourth-order valence-corrected chi connectivity index (χ4v) is 4.07.